The number of hydrogen-bond acceptors (Lipinski definition) is 4. The normalized spacial score (nSPS) is 17.4. The number of aryl methyl sites for hydroxylation is 1. The number of fused-ring (bicyclic) bond motifs is 1. The summed E-state index contributed by atoms with van der Waals surface area (Å²) in [7, 11) is 0. The van der Waals surface area contributed by atoms with Crippen LogP contribution in [0.25, 0.3) is 11.1 Å². The van der Waals surface area contributed by atoms with Crippen molar-refractivity contribution in [2.24, 2.45) is 0 Å². The first-order valence-electron chi connectivity index (χ1n) is 6.16. The lowest BCUT2D eigenvalue weighted by molar-refractivity contribution is 0.569. The number of para-hydroxylation sites is 1. The molecule has 1 aromatic carbocycles. The molecule has 1 N–H and O–H groups in total. The third kappa shape index (κ3) is 2.00. The third-order valence-electron chi connectivity index (χ3n) is 3.21. The molecule has 0 aliphatic carbocycles. The molecule has 0 bridgehead atoms. The van der Waals surface area contributed by atoms with Gasteiger partial charge in [0.05, 0.1) is 0 Å². The Morgan fingerprint density at radius 2 is 2.24 bits per heavy atom. The Bertz CT molecular complexity index is 512. The molecule has 1 aliphatic rings. The van der Waals surface area contributed by atoms with Gasteiger partial charge < -0.3 is 14.6 Å². The Balaban J connectivity index is 1.96. The molecule has 0 atom stereocenters. The molecule has 4 nitrogen and oxygen atoms in total. The fraction of sp³-hybridized carbons (Fsp3) is 0.462. The lowest BCUT2D eigenvalue weighted by atomic mass is 10.2. The predicted octanol–water partition coefficient (Wildman–Crippen LogP) is 1.94. The van der Waals surface area contributed by atoms with Gasteiger partial charge >= 0.3 is 0 Å². The minimum absolute atomic E-state index is 0.762. The van der Waals surface area contributed by atoms with Gasteiger partial charge in [-0.05, 0) is 31.5 Å². The number of nitrogens with one attached hydrogen (secondary N) is 1. The maximum Gasteiger partial charge on any atom is 0.298 e. The first kappa shape index (κ1) is 10.6. The highest BCUT2D eigenvalue weighted by atomic mass is 16.4. The van der Waals surface area contributed by atoms with Gasteiger partial charge in [-0.15, -0.1) is 0 Å². The number of anilines is 1. The maximum atomic E-state index is 5.88. The fourth-order valence-electron chi connectivity index (χ4n) is 2.25. The Morgan fingerprint density at radius 1 is 1.29 bits per heavy atom. The van der Waals surface area contributed by atoms with Crippen molar-refractivity contribution < 1.29 is 4.42 Å². The van der Waals surface area contributed by atoms with Gasteiger partial charge in [0.15, 0.2) is 5.58 Å². The van der Waals surface area contributed by atoms with Crippen LogP contribution in [0.5, 0.6) is 0 Å². The second-order valence-corrected chi connectivity index (χ2v) is 4.51. The SMILES string of the molecule is Cc1cccc2nc(N3CCCNCC3)oc12. The Kier molecular flexibility index (Phi) is 2.73. The summed E-state index contributed by atoms with van der Waals surface area (Å²) in [6, 6.07) is 6.85. The fourth-order valence-corrected chi connectivity index (χ4v) is 2.25. The summed E-state index contributed by atoms with van der Waals surface area (Å²) >= 11 is 0. The number of nitrogens with zero attached hydrogens (tertiary/aromatic N) is 2. The molecular weight excluding hydrogens is 214 g/mol. The van der Waals surface area contributed by atoms with Crippen LogP contribution in [0.2, 0.25) is 0 Å². The second-order valence-electron chi connectivity index (χ2n) is 4.51. The van der Waals surface area contributed by atoms with E-state index in [9.17, 15) is 0 Å². The van der Waals surface area contributed by atoms with Crippen LogP contribution in [-0.2, 0) is 0 Å². The molecule has 1 aromatic heterocycles. The van der Waals surface area contributed by atoms with Gasteiger partial charge in [0, 0.05) is 19.6 Å². The molecular formula is C13H17N3O. The van der Waals surface area contributed by atoms with Crippen LogP contribution < -0.4 is 10.2 Å². The van der Waals surface area contributed by atoms with Crippen molar-refractivity contribution in [3.8, 4) is 0 Å². The average Bonchev–Trinajstić information content (AvgIpc) is 2.59. The Hall–Kier alpha value is -1.55. The summed E-state index contributed by atoms with van der Waals surface area (Å²) in [5, 5.41) is 3.38. The third-order valence-corrected chi connectivity index (χ3v) is 3.21. The van der Waals surface area contributed by atoms with Crippen molar-refractivity contribution in [2.75, 3.05) is 31.1 Å². The highest BCUT2D eigenvalue weighted by Crippen LogP contribution is 2.24. The minimum atomic E-state index is 0.762. The van der Waals surface area contributed by atoms with E-state index in [0.29, 0.717) is 0 Å². The molecule has 0 amide bonds. The van der Waals surface area contributed by atoms with E-state index in [2.05, 4.69) is 28.2 Å². The standard InChI is InChI=1S/C13H17N3O/c1-10-4-2-5-11-12(10)17-13(15-11)16-8-3-6-14-7-9-16/h2,4-5,14H,3,6-9H2,1H3. The van der Waals surface area contributed by atoms with Gasteiger partial charge in [-0.3, -0.25) is 0 Å². The van der Waals surface area contributed by atoms with Crippen molar-refractivity contribution in [1.29, 1.82) is 0 Å². The zero-order chi connectivity index (χ0) is 11.7. The minimum Gasteiger partial charge on any atom is -0.423 e. The summed E-state index contributed by atoms with van der Waals surface area (Å²) in [6.45, 7) is 6.11. The molecule has 1 fully saturated rings. The van der Waals surface area contributed by atoms with E-state index in [0.717, 1.165) is 55.3 Å². The molecule has 1 aliphatic heterocycles. The van der Waals surface area contributed by atoms with E-state index in [4.69, 9.17) is 4.42 Å². The van der Waals surface area contributed by atoms with Crippen LogP contribution in [0.1, 0.15) is 12.0 Å². The molecule has 3 rings (SSSR count). The quantitative estimate of drug-likeness (QED) is 0.814. The topological polar surface area (TPSA) is 41.3 Å². The van der Waals surface area contributed by atoms with Crippen LogP contribution in [-0.4, -0.2) is 31.2 Å². The van der Waals surface area contributed by atoms with Crippen LogP contribution in [0.3, 0.4) is 0 Å². The summed E-state index contributed by atoms with van der Waals surface area (Å²) in [5.74, 6) is 0. The number of hydrogen-bond donors (Lipinski definition) is 1. The Labute approximate surface area is 101 Å². The van der Waals surface area contributed by atoms with Gasteiger partial charge in [0.2, 0.25) is 0 Å². The number of benzene rings is 1. The van der Waals surface area contributed by atoms with E-state index in [-0.39, 0.29) is 0 Å². The van der Waals surface area contributed by atoms with Crippen molar-refractivity contribution >= 4 is 17.1 Å². The van der Waals surface area contributed by atoms with Gasteiger partial charge in [-0.25, -0.2) is 0 Å². The van der Waals surface area contributed by atoms with Crippen LogP contribution >= 0.6 is 0 Å². The van der Waals surface area contributed by atoms with E-state index >= 15 is 0 Å². The van der Waals surface area contributed by atoms with Crippen LogP contribution in [0.4, 0.5) is 6.01 Å². The lowest BCUT2D eigenvalue weighted by Gasteiger charge is -2.16. The van der Waals surface area contributed by atoms with Crippen molar-refractivity contribution in [3.05, 3.63) is 23.8 Å². The summed E-state index contributed by atoms with van der Waals surface area (Å²) in [4.78, 5) is 6.79. The zero-order valence-electron chi connectivity index (χ0n) is 10.1. The van der Waals surface area contributed by atoms with Crippen LogP contribution in [0.15, 0.2) is 22.6 Å². The number of rotatable bonds is 1. The van der Waals surface area contributed by atoms with Gasteiger partial charge in [0.1, 0.15) is 5.52 Å². The average molecular weight is 231 g/mol. The second kappa shape index (κ2) is 4.37. The van der Waals surface area contributed by atoms with Gasteiger partial charge in [-0.2, -0.15) is 4.98 Å². The molecule has 90 valence electrons. The molecule has 0 saturated carbocycles. The molecule has 2 aromatic rings. The highest BCUT2D eigenvalue weighted by molar-refractivity contribution is 5.77. The molecule has 4 heteroatoms. The molecule has 0 spiro atoms. The smallest absolute Gasteiger partial charge is 0.298 e. The monoisotopic (exact) mass is 231 g/mol. The molecule has 1 saturated heterocycles. The number of aromatic nitrogens is 1. The maximum absolute atomic E-state index is 5.88. The molecule has 0 unspecified atom stereocenters. The Morgan fingerprint density at radius 3 is 3.12 bits per heavy atom. The zero-order valence-corrected chi connectivity index (χ0v) is 10.1. The van der Waals surface area contributed by atoms with E-state index in [1.54, 1.807) is 0 Å². The van der Waals surface area contributed by atoms with Crippen LogP contribution in [0, 0.1) is 6.92 Å². The van der Waals surface area contributed by atoms with Crippen molar-refractivity contribution in [2.45, 2.75) is 13.3 Å². The number of oxazole rings is 1. The molecule has 2 heterocycles. The first-order chi connectivity index (χ1) is 8.34. The van der Waals surface area contributed by atoms with Gasteiger partial charge in [0.25, 0.3) is 6.01 Å². The van der Waals surface area contributed by atoms with E-state index < -0.39 is 0 Å². The first-order valence-corrected chi connectivity index (χ1v) is 6.16. The van der Waals surface area contributed by atoms with E-state index in [1.165, 1.54) is 0 Å². The van der Waals surface area contributed by atoms with Crippen molar-refractivity contribution in [1.82, 2.24) is 10.3 Å². The summed E-state index contributed by atoms with van der Waals surface area (Å²) in [6.07, 6.45) is 1.14. The predicted molar refractivity (Wildman–Crippen MR) is 68.4 cm³/mol. The molecule has 0 radical (unpaired) electrons. The van der Waals surface area contributed by atoms with E-state index in [1.807, 2.05) is 12.1 Å². The molecule has 17 heavy (non-hydrogen) atoms. The summed E-state index contributed by atoms with van der Waals surface area (Å²) < 4.78 is 5.88. The highest BCUT2D eigenvalue weighted by Gasteiger charge is 2.16. The summed E-state index contributed by atoms with van der Waals surface area (Å²) in [5.41, 5.74) is 3.02. The largest absolute Gasteiger partial charge is 0.423 e. The van der Waals surface area contributed by atoms with Gasteiger partial charge in [-0.1, -0.05) is 12.1 Å². The lowest BCUT2D eigenvalue weighted by Crippen LogP contribution is -2.27. The van der Waals surface area contributed by atoms with Crippen molar-refractivity contribution in [3.63, 3.8) is 0 Å².